The first-order valence-corrected chi connectivity index (χ1v) is 6.94. The molecule has 1 atom stereocenters. The third-order valence-corrected chi connectivity index (χ3v) is 3.58. The molecule has 1 fully saturated rings. The van der Waals surface area contributed by atoms with Crippen molar-refractivity contribution < 1.29 is 9.90 Å². The van der Waals surface area contributed by atoms with Crippen molar-refractivity contribution in [1.82, 2.24) is 10.2 Å². The predicted molar refractivity (Wildman–Crippen MR) is 75.4 cm³/mol. The van der Waals surface area contributed by atoms with Gasteiger partial charge >= 0.3 is 0 Å². The number of phenols is 1. The van der Waals surface area contributed by atoms with Gasteiger partial charge in [0.2, 0.25) is 0 Å². The van der Waals surface area contributed by atoms with Gasteiger partial charge in [-0.15, -0.1) is 0 Å². The molecule has 104 valence electrons. The molecule has 1 amide bonds. The quantitative estimate of drug-likeness (QED) is 0.871. The number of phenolic OH excluding ortho intramolecular Hbond substituents is 1. The molecule has 4 heteroatoms. The maximum Gasteiger partial charge on any atom is 0.257 e. The number of carbonyl (C=O) groups is 1. The number of hydrogen-bond acceptors (Lipinski definition) is 3. The van der Waals surface area contributed by atoms with Gasteiger partial charge in [0.25, 0.3) is 5.91 Å². The van der Waals surface area contributed by atoms with Gasteiger partial charge in [0.15, 0.2) is 0 Å². The first kappa shape index (κ1) is 13.9. The zero-order chi connectivity index (χ0) is 13.8. The van der Waals surface area contributed by atoms with Crippen LogP contribution in [0.1, 0.15) is 35.7 Å². The van der Waals surface area contributed by atoms with Crippen LogP contribution < -0.4 is 5.32 Å². The van der Waals surface area contributed by atoms with Gasteiger partial charge < -0.3 is 15.3 Å². The number of rotatable bonds is 4. The van der Waals surface area contributed by atoms with Crippen LogP contribution in [0.5, 0.6) is 5.75 Å². The fourth-order valence-corrected chi connectivity index (χ4v) is 2.57. The lowest BCUT2D eigenvalue weighted by atomic mass is 10.1. The van der Waals surface area contributed by atoms with Crippen molar-refractivity contribution in [2.45, 2.75) is 32.7 Å². The lowest BCUT2D eigenvalue weighted by Gasteiger charge is -2.28. The van der Waals surface area contributed by atoms with E-state index in [1.165, 1.54) is 0 Å². The topological polar surface area (TPSA) is 52.6 Å². The predicted octanol–water partition coefficient (Wildman–Crippen LogP) is 1.91. The monoisotopic (exact) mass is 262 g/mol. The average molecular weight is 262 g/mol. The number of nitrogens with zero attached hydrogens (tertiary/aromatic N) is 1. The molecule has 1 aliphatic rings. The minimum absolute atomic E-state index is 0.0620. The van der Waals surface area contributed by atoms with Crippen molar-refractivity contribution >= 4 is 5.91 Å². The second-order valence-corrected chi connectivity index (χ2v) is 5.17. The molecule has 19 heavy (non-hydrogen) atoms. The Labute approximate surface area is 114 Å². The highest BCUT2D eigenvalue weighted by Crippen LogP contribution is 2.22. The Balaban J connectivity index is 2.22. The van der Waals surface area contributed by atoms with Crippen molar-refractivity contribution in [1.29, 1.82) is 0 Å². The molecule has 0 aromatic heterocycles. The van der Waals surface area contributed by atoms with Crippen LogP contribution in [0.15, 0.2) is 18.2 Å². The molecular weight excluding hydrogens is 240 g/mol. The molecule has 1 saturated heterocycles. The number of nitrogens with one attached hydrogen (secondary N) is 1. The maximum absolute atomic E-state index is 12.6. The van der Waals surface area contributed by atoms with Gasteiger partial charge in [0.1, 0.15) is 5.75 Å². The van der Waals surface area contributed by atoms with Crippen LogP contribution in [0.2, 0.25) is 0 Å². The van der Waals surface area contributed by atoms with Gasteiger partial charge in [-0.05, 0) is 44.0 Å². The molecule has 0 aliphatic carbocycles. The Morgan fingerprint density at radius 2 is 2.32 bits per heavy atom. The van der Waals surface area contributed by atoms with Crippen molar-refractivity contribution in [3.8, 4) is 5.75 Å². The van der Waals surface area contributed by atoms with Crippen LogP contribution in [-0.2, 0) is 0 Å². The van der Waals surface area contributed by atoms with E-state index in [0.29, 0.717) is 5.56 Å². The molecule has 1 aromatic carbocycles. The summed E-state index contributed by atoms with van der Waals surface area (Å²) in [5, 5.41) is 13.2. The minimum atomic E-state index is -0.0620. The summed E-state index contributed by atoms with van der Waals surface area (Å²) < 4.78 is 0. The smallest absolute Gasteiger partial charge is 0.257 e. The van der Waals surface area contributed by atoms with Crippen molar-refractivity contribution in [3.63, 3.8) is 0 Å². The van der Waals surface area contributed by atoms with E-state index in [9.17, 15) is 9.90 Å². The molecular formula is C15H22N2O2. The number of aryl methyl sites for hydroxylation is 1. The number of hydrogen-bond donors (Lipinski definition) is 2. The van der Waals surface area contributed by atoms with Crippen LogP contribution in [-0.4, -0.2) is 41.6 Å². The van der Waals surface area contributed by atoms with Crippen LogP contribution in [0, 0.1) is 6.92 Å². The highest BCUT2D eigenvalue weighted by molar-refractivity contribution is 5.97. The summed E-state index contributed by atoms with van der Waals surface area (Å²) in [6, 6.07) is 5.47. The molecule has 1 heterocycles. The normalized spacial score (nSPS) is 18.5. The lowest BCUT2D eigenvalue weighted by Crippen LogP contribution is -2.42. The Bertz CT molecular complexity index is 453. The Morgan fingerprint density at radius 1 is 1.53 bits per heavy atom. The Kier molecular flexibility index (Phi) is 4.43. The van der Waals surface area contributed by atoms with E-state index in [4.69, 9.17) is 0 Å². The molecule has 0 spiro atoms. The highest BCUT2D eigenvalue weighted by atomic mass is 16.3. The minimum Gasteiger partial charge on any atom is -0.507 e. The summed E-state index contributed by atoms with van der Waals surface area (Å²) in [5.74, 6) is 0.0186. The van der Waals surface area contributed by atoms with Gasteiger partial charge in [0.05, 0.1) is 5.56 Å². The van der Waals surface area contributed by atoms with Gasteiger partial charge in [-0.2, -0.15) is 0 Å². The van der Waals surface area contributed by atoms with Crippen LogP contribution in [0.4, 0.5) is 0 Å². The fraction of sp³-hybridized carbons (Fsp3) is 0.533. The first-order chi connectivity index (χ1) is 9.13. The average Bonchev–Trinajstić information content (AvgIpc) is 2.89. The fourth-order valence-electron chi connectivity index (χ4n) is 2.57. The number of carbonyl (C=O) groups excluding carboxylic acids is 1. The van der Waals surface area contributed by atoms with Gasteiger partial charge in [-0.1, -0.05) is 13.0 Å². The maximum atomic E-state index is 12.6. The molecule has 0 bridgehead atoms. The summed E-state index contributed by atoms with van der Waals surface area (Å²) in [7, 11) is 0. The summed E-state index contributed by atoms with van der Waals surface area (Å²) in [5.41, 5.74) is 1.37. The third-order valence-electron chi connectivity index (χ3n) is 3.58. The van der Waals surface area contributed by atoms with E-state index < -0.39 is 0 Å². The van der Waals surface area contributed by atoms with Gasteiger partial charge in [-0.3, -0.25) is 4.79 Å². The molecule has 4 nitrogen and oxygen atoms in total. The summed E-state index contributed by atoms with van der Waals surface area (Å²) in [6.07, 6.45) is 1.91. The van der Waals surface area contributed by atoms with Crippen LogP contribution in [0.3, 0.4) is 0 Å². The van der Waals surface area contributed by atoms with Crippen molar-refractivity contribution in [2.24, 2.45) is 0 Å². The lowest BCUT2D eigenvalue weighted by molar-refractivity contribution is 0.0689. The van der Waals surface area contributed by atoms with Crippen LogP contribution >= 0.6 is 0 Å². The number of benzene rings is 1. The van der Waals surface area contributed by atoms with Crippen molar-refractivity contribution in [2.75, 3.05) is 19.6 Å². The third kappa shape index (κ3) is 3.07. The second-order valence-electron chi connectivity index (χ2n) is 5.17. The molecule has 2 rings (SSSR count). The van der Waals surface area contributed by atoms with Gasteiger partial charge in [0, 0.05) is 19.1 Å². The summed E-state index contributed by atoms with van der Waals surface area (Å²) >= 11 is 0. The second kappa shape index (κ2) is 6.06. The van der Waals surface area contributed by atoms with Crippen molar-refractivity contribution in [3.05, 3.63) is 29.3 Å². The molecule has 0 radical (unpaired) electrons. The molecule has 0 saturated carbocycles. The van der Waals surface area contributed by atoms with E-state index in [-0.39, 0.29) is 17.7 Å². The van der Waals surface area contributed by atoms with E-state index in [0.717, 1.165) is 38.0 Å². The Morgan fingerprint density at radius 3 is 2.89 bits per heavy atom. The molecule has 1 aliphatic heterocycles. The van der Waals surface area contributed by atoms with Gasteiger partial charge in [-0.25, -0.2) is 0 Å². The van der Waals surface area contributed by atoms with E-state index in [2.05, 4.69) is 12.2 Å². The van der Waals surface area contributed by atoms with E-state index in [1.807, 2.05) is 17.9 Å². The Hall–Kier alpha value is -1.55. The zero-order valence-corrected chi connectivity index (χ0v) is 11.6. The van der Waals surface area contributed by atoms with E-state index >= 15 is 0 Å². The van der Waals surface area contributed by atoms with E-state index in [1.54, 1.807) is 12.1 Å². The largest absolute Gasteiger partial charge is 0.507 e. The first-order valence-electron chi connectivity index (χ1n) is 6.94. The summed E-state index contributed by atoms with van der Waals surface area (Å²) in [6.45, 7) is 6.51. The highest BCUT2D eigenvalue weighted by Gasteiger charge is 2.27. The molecule has 2 N–H and O–H groups in total. The number of amides is 1. The number of aromatic hydroxyl groups is 1. The standard InChI is InChI=1S/C15H22N2O2/c1-3-8-17(12-6-7-16-10-12)15(19)13-5-4-11(2)9-14(13)18/h4-5,9,12,16,18H,3,6-8,10H2,1-2H3. The molecule has 1 aromatic rings. The SMILES string of the molecule is CCCN(C(=O)c1ccc(C)cc1O)C1CCNC1. The zero-order valence-electron chi connectivity index (χ0n) is 11.6. The molecule has 1 unspecified atom stereocenters. The van der Waals surface area contributed by atoms with Crippen LogP contribution in [0.25, 0.3) is 0 Å². The summed E-state index contributed by atoms with van der Waals surface area (Å²) in [4.78, 5) is 14.5.